The molecule has 0 heterocycles. The van der Waals surface area contributed by atoms with Crippen LogP contribution in [0, 0.1) is 0 Å². The molecule has 0 spiro atoms. The molecule has 4 nitrogen and oxygen atoms in total. The lowest BCUT2D eigenvalue weighted by molar-refractivity contribution is 0.0172. The van der Waals surface area contributed by atoms with E-state index in [1.54, 1.807) is 11.0 Å². The van der Waals surface area contributed by atoms with Crippen LogP contribution >= 0.6 is 0 Å². The average molecular weight is 382 g/mol. The molecule has 150 valence electrons. The van der Waals surface area contributed by atoms with Gasteiger partial charge in [0.15, 0.2) is 0 Å². The van der Waals surface area contributed by atoms with Crippen LogP contribution in [-0.4, -0.2) is 22.6 Å². The lowest BCUT2D eigenvalue weighted by Crippen LogP contribution is -2.40. The predicted molar refractivity (Wildman–Crippen MR) is 114 cm³/mol. The highest BCUT2D eigenvalue weighted by atomic mass is 16.6. The van der Waals surface area contributed by atoms with E-state index in [0.717, 1.165) is 22.4 Å². The fourth-order valence-corrected chi connectivity index (χ4v) is 2.69. The third-order valence-electron chi connectivity index (χ3n) is 4.08. The number of hydrogen-bond acceptors (Lipinski definition) is 3. The van der Waals surface area contributed by atoms with Gasteiger partial charge in [-0.1, -0.05) is 43.0 Å². The fraction of sp³-hybridized carbons (Fsp3) is 0.375. The Bertz CT molecular complexity index is 791. The topological polar surface area (TPSA) is 38.8 Å². The van der Waals surface area contributed by atoms with Crippen molar-refractivity contribution >= 4 is 12.2 Å². The van der Waals surface area contributed by atoms with E-state index in [4.69, 9.17) is 9.47 Å². The van der Waals surface area contributed by atoms with Crippen molar-refractivity contribution in [3.05, 3.63) is 71.8 Å². The number of hydrogen-bond donors (Lipinski definition) is 0. The molecular formula is C24H31NO3. The van der Waals surface area contributed by atoms with Crippen molar-refractivity contribution in [2.24, 2.45) is 0 Å². The first-order valence-corrected chi connectivity index (χ1v) is 9.60. The van der Waals surface area contributed by atoms with E-state index in [9.17, 15) is 4.79 Å². The maximum atomic E-state index is 12.6. The lowest BCUT2D eigenvalue weighted by Gasteiger charge is -2.30. The quantitative estimate of drug-likeness (QED) is 0.586. The van der Waals surface area contributed by atoms with Gasteiger partial charge in [0.25, 0.3) is 0 Å². The van der Waals surface area contributed by atoms with E-state index < -0.39 is 5.60 Å². The zero-order valence-corrected chi connectivity index (χ0v) is 17.6. The van der Waals surface area contributed by atoms with Crippen molar-refractivity contribution in [1.29, 1.82) is 0 Å². The minimum Gasteiger partial charge on any atom is -0.489 e. The maximum absolute atomic E-state index is 12.6. The third-order valence-corrected chi connectivity index (χ3v) is 4.08. The van der Waals surface area contributed by atoms with Crippen molar-refractivity contribution in [2.45, 2.75) is 59.4 Å². The van der Waals surface area contributed by atoms with Gasteiger partial charge in [-0.05, 0) is 69.5 Å². The van der Waals surface area contributed by atoms with Gasteiger partial charge in [-0.2, -0.15) is 0 Å². The molecule has 2 rings (SSSR count). The summed E-state index contributed by atoms with van der Waals surface area (Å²) in [6.45, 7) is 14.4. The second-order valence-corrected chi connectivity index (χ2v) is 8.09. The van der Waals surface area contributed by atoms with Crippen LogP contribution in [0.3, 0.4) is 0 Å². The summed E-state index contributed by atoms with van der Waals surface area (Å²) >= 11 is 0. The Labute approximate surface area is 168 Å². The van der Waals surface area contributed by atoms with Crippen LogP contribution in [0.1, 0.15) is 51.3 Å². The van der Waals surface area contributed by atoms with Gasteiger partial charge in [-0.3, -0.25) is 0 Å². The number of carbonyl (C=O) groups excluding carboxylic acids is 1. The SMILES string of the molecule is C=Cc1cc(CN(C(=O)OC(C)(C)C)C(C)C)cc(OCc2ccccc2)c1. The van der Waals surface area contributed by atoms with Gasteiger partial charge in [0.1, 0.15) is 18.0 Å². The van der Waals surface area contributed by atoms with Crippen LogP contribution in [0.5, 0.6) is 5.75 Å². The Hall–Kier alpha value is -2.75. The Morgan fingerprint density at radius 3 is 2.36 bits per heavy atom. The first-order valence-electron chi connectivity index (χ1n) is 9.60. The number of ether oxygens (including phenoxy) is 2. The van der Waals surface area contributed by atoms with Gasteiger partial charge in [0.2, 0.25) is 0 Å². The van der Waals surface area contributed by atoms with Gasteiger partial charge in [0.05, 0.1) is 0 Å². The first kappa shape index (κ1) is 21.5. The molecule has 1 amide bonds. The van der Waals surface area contributed by atoms with Crippen molar-refractivity contribution in [3.63, 3.8) is 0 Å². The number of benzene rings is 2. The zero-order chi connectivity index (χ0) is 20.7. The van der Waals surface area contributed by atoms with Crippen LogP contribution in [0.4, 0.5) is 4.79 Å². The van der Waals surface area contributed by atoms with E-state index in [-0.39, 0.29) is 12.1 Å². The largest absolute Gasteiger partial charge is 0.489 e. The van der Waals surface area contributed by atoms with Crippen LogP contribution in [0.15, 0.2) is 55.1 Å². The summed E-state index contributed by atoms with van der Waals surface area (Å²) in [5, 5.41) is 0. The number of amides is 1. The van der Waals surface area contributed by atoms with Gasteiger partial charge >= 0.3 is 6.09 Å². The van der Waals surface area contributed by atoms with Crippen LogP contribution < -0.4 is 4.74 Å². The summed E-state index contributed by atoms with van der Waals surface area (Å²) in [4.78, 5) is 14.3. The summed E-state index contributed by atoms with van der Waals surface area (Å²) in [6.07, 6.45) is 1.46. The standard InChI is InChI=1S/C24H31NO3/c1-7-19-13-21(16-25(18(2)3)23(26)28-24(4,5)6)15-22(14-19)27-17-20-11-9-8-10-12-20/h7-15,18H,1,16-17H2,2-6H3. The van der Waals surface area contributed by atoms with Gasteiger partial charge in [-0.25, -0.2) is 4.79 Å². The summed E-state index contributed by atoms with van der Waals surface area (Å²) in [5.74, 6) is 0.754. The van der Waals surface area contributed by atoms with Crippen LogP contribution in [0.25, 0.3) is 6.08 Å². The minimum atomic E-state index is -0.531. The molecule has 0 fully saturated rings. The molecule has 0 aromatic heterocycles. The second-order valence-electron chi connectivity index (χ2n) is 8.09. The highest BCUT2D eigenvalue weighted by molar-refractivity contribution is 5.68. The van der Waals surface area contributed by atoms with Crippen molar-refractivity contribution < 1.29 is 14.3 Å². The lowest BCUT2D eigenvalue weighted by atomic mass is 10.1. The Morgan fingerprint density at radius 1 is 1.11 bits per heavy atom. The summed E-state index contributed by atoms with van der Waals surface area (Å²) in [5.41, 5.74) is 2.50. The average Bonchev–Trinajstić information content (AvgIpc) is 2.63. The van der Waals surface area contributed by atoms with Crippen LogP contribution in [-0.2, 0) is 17.9 Å². The second kappa shape index (κ2) is 9.45. The molecule has 2 aromatic rings. The Balaban J connectivity index is 2.18. The Morgan fingerprint density at radius 2 is 1.79 bits per heavy atom. The van der Waals surface area contributed by atoms with Gasteiger partial charge in [-0.15, -0.1) is 0 Å². The third kappa shape index (κ3) is 6.76. The van der Waals surface area contributed by atoms with Crippen molar-refractivity contribution in [2.75, 3.05) is 0 Å². The maximum Gasteiger partial charge on any atom is 0.410 e. The highest BCUT2D eigenvalue weighted by Gasteiger charge is 2.24. The minimum absolute atomic E-state index is 0.0101. The van der Waals surface area contributed by atoms with Gasteiger partial charge < -0.3 is 14.4 Å². The predicted octanol–water partition coefficient (Wildman–Crippen LogP) is 6.05. The first-order chi connectivity index (χ1) is 13.2. The van der Waals surface area contributed by atoms with E-state index in [1.165, 1.54) is 0 Å². The number of rotatable bonds is 7. The molecule has 0 atom stereocenters. The summed E-state index contributed by atoms with van der Waals surface area (Å²) in [6, 6.07) is 16.0. The molecule has 0 aliphatic carbocycles. The van der Waals surface area contributed by atoms with Crippen LogP contribution in [0.2, 0.25) is 0 Å². The zero-order valence-electron chi connectivity index (χ0n) is 17.6. The van der Waals surface area contributed by atoms with Crippen molar-refractivity contribution in [1.82, 2.24) is 4.90 Å². The summed E-state index contributed by atoms with van der Waals surface area (Å²) in [7, 11) is 0. The molecule has 0 saturated carbocycles. The van der Waals surface area contributed by atoms with E-state index in [1.807, 2.05) is 83.1 Å². The monoisotopic (exact) mass is 381 g/mol. The molecule has 28 heavy (non-hydrogen) atoms. The molecule has 0 aliphatic heterocycles. The highest BCUT2D eigenvalue weighted by Crippen LogP contribution is 2.22. The molecule has 0 bridgehead atoms. The molecular weight excluding hydrogens is 350 g/mol. The smallest absolute Gasteiger partial charge is 0.410 e. The van der Waals surface area contributed by atoms with E-state index >= 15 is 0 Å². The molecule has 0 radical (unpaired) electrons. The van der Waals surface area contributed by atoms with E-state index in [0.29, 0.717) is 13.2 Å². The number of nitrogens with zero attached hydrogens (tertiary/aromatic N) is 1. The normalized spacial score (nSPS) is 11.2. The van der Waals surface area contributed by atoms with Crippen molar-refractivity contribution in [3.8, 4) is 5.75 Å². The molecule has 0 unspecified atom stereocenters. The summed E-state index contributed by atoms with van der Waals surface area (Å²) < 4.78 is 11.5. The van der Waals surface area contributed by atoms with Gasteiger partial charge in [0, 0.05) is 12.6 Å². The molecule has 0 saturated heterocycles. The molecule has 0 aliphatic rings. The Kier molecular flexibility index (Phi) is 7.27. The fourth-order valence-electron chi connectivity index (χ4n) is 2.69. The molecule has 2 aromatic carbocycles. The van der Waals surface area contributed by atoms with E-state index in [2.05, 4.69) is 6.58 Å². The molecule has 0 N–H and O–H groups in total. The molecule has 4 heteroatoms. The number of carbonyl (C=O) groups is 1.